The minimum absolute atomic E-state index is 0.155. The normalized spacial score (nSPS) is 11.6. The van der Waals surface area contributed by atoms with Crippen molar-refractivity contribution in [1.29, 1.82) is 0 Å². The molecule has 0 heterocycles. The van der Waals surface area contributed by atoms with Gasteiger partial charge in [0.2, 0.25) is 5.91 Å². The van der Waals surface area contributed by atoms with E-state index in [-0.39, 0.29) is 11.0 Å². The number of nitrogens with one attached hydrogen (secondary N) is 1. The van der Waals surface area contributed by atoms with Gasteiger partial charge >= 0.3 is 0 Å². The number of ether oxygens (including phenoxy) is 1. The average Bonchev–Trinajstić information content (AvgIpc) is 2.37. The molecule has 0 radical (unpaired) electrons. The predicted octanol–water partition coefficient (Wildman–Crippen LogP) is 1.70. The molecule has 0 saturated heterocycles. The highest BCUT2D eigenvalue weighted by Gasteiger charge is 2.18. The fourth-order valence-electron chi connectivity index (χ4n) is 1.67. The van der Waals surface area contributed by atoms with E-state index in [1.165, 1.54) is 12.1 Å². The fraction of sp³-hybridized carbons (Fsp3) is 0.533. The van der Waals surface area contributed by atoms with Crippen LogP contribution in [0.25, 0.3) is 0 Å². The van der Waals surface area contributed by atoms with Gasteiger partial charge in [0.25, 0.3) is 0 Å². The van der Waals surface area contributed by atoms with Gasteiger partial charge in [0.15, 0.2) is 9.84 Å². The number of amides is 1. The van der Waals surface area contributed by atoms with Crippen molar-refractivity contribution < 1.29 is 17.9 Å². The topological polar surface area (TPSA) is 72.5 Å². The summed E-state index contributed by atoms with van der Waals surface area (Å²) < 4.78 is 29.4. The van der Waals surface area contributed by atoms with E-state index < -0.39 is 21.5 Å². The summed E-state index contributed by atoms with van der Waals surface area (Å²) >= 11 is 0. The van der Waals surface area contributed by atoms with Gasteiger partial charge < -0.3 is 10.1 Å². The Kier molecular flexibility index (Phi) is 6.84. The Balaban J connectivity index is 2.41. The smallest absolute Gasteiger partial charge is 0.235 e. The van der Waals surface area contributed by atoms with Crippen LogP contribution in [0.2, 0.25) is 0 Å². The molecule has 0 aliphatic rings. The Morgan fingerprint density at radius 2 is 1.86 bits per heavy atom. The molecule has 0 atom stereocenters. The lowest BCUT2D eigenvalue weighted by Crippen LogP contribution is -2.31. The summed E-state index contributed by atoms with van der Waals surface area (Å²) in [5.74, 6) is -1.01. The Bertz CT molecular complexity index is 550. The maximum absolute atomic E-state index is 12.0. The van der Waals surface area contributed by atoms with Crippen LogP contribution in [-0.2, 0) is 19.4 Å². The maximum Gasteiger partial charge on any atom is 0.235 e. The van der Waals surface area contributed by atoms with E-state index in [1.54, 1.807) is 12.1 Å². The van der Waals surface area contributed by atoms with Crippen LogP contribution in [-0.4, -0.2) is 39.3 Å². The standard InChI is InChI=1S/C15H23NO4S/c1-12(2)20-10-4-9-16-15(17)11-21(18,19)14-7-5-13(3)6-8-14/h5-8,12H,4,9-11H2,1-3H3,(H,16,17). The van der Waals surface area contributed by atoms with Crippen molar-refractivity contribution in [2.75, 3.05) is 18.9 Å². The quantitative estimate of drug-likeness (QED) is 0.741. The molecule has 118 valence electrons. The zero-order chi connectivity index (χ0) is 15.9. The van der Waals surface area contributed by atoms with Gasteiger partial charge in [-0.1, -0.05) is 17.7 Å². The summed E-state index contributed by atoms with van der Waals surface area (Å²) in [5, 5.41) is 2.60. The van der Waals surface area contributed by atoms with Gasteiger partial charge in [0.05, 0.1) is 11.0 Å². The van der Waals surface area contributed by atoms with E-state index in [1.807, 2.05) is 20.8 Å². The Hall–Kier alpha value is -1.40. The first kappa shape index (κ1) is 17.7. The molecule has 1 rings (SSSR count). The third-order valence-corrected chi connectivity index (χ3v) is 4.43. The number of rotatable bonds is 8. The zero-order valence-corrected chi connectivity index (χ0v) is 13.6. The van der Waals surface area contributed by atoms with Crippen LogP contribution in [0.4, 0.5) is 0 Å². The lowest BCUT2D eigenvalue weighted by atomic mass is 10.2. The predicted molar refractivity (Wildman–Crippen MR) is 81.9 cm³/mol. The molecule has 0 bridgehead atoms. The number of carbonyl (C=O) groups is 1. The molecule has 1 N–H and O–H groups in total. The van der Waals surface area contributed by atoms with Gasteiger partial charge in [-0.15, -0.1) is 0 Å². The number of aryl methyl sites for hydroxylation is 1. The first-order valence-electron chi connectivity index (χ1n) is 6.99. The van der Waals surface area contributed by atoms with Crippen molar-refractivity contribution in [3.8, 4) is 0 Å². The minimum atomic E-state index is -3.58. The molecule has 6 heteroatoms. The maximum atomic E-state index is 12.0. The third kappa shape index (κ3) is 6.73. The van der Waals surface area contributed by atoms with E-state index in [0.29, 0.717) is 19.6 Å². The molecule has 1 amide bonds. The molecule has 0 aliphatic carbocycles. The Morgan fingerprint density at radius 3 is 2.43 bits per heavy atom. The Morgan fingerprint density at radius 1 is 1.24 bits per heavy atom. The summed E-state index contributed by atoms with van der Waals surface area (Å²) in [7, 11) is -3.58. The second-order valence-corrected chi connectivity index (χ2v) is 7.18. The van der Waals surface area contributed by atoms with Gasteiger partial charge in [-0.05, 0) is 39.3 Å². The third-order valence-electron chi connectivity index (χ3n) is 2.80. The summed E-state index contributed by atoms with van der Waals surface area (Å²) in [6.07, 6.45) is 0.816. The molecule has 0 unspecified atom stereocenters. The summed E-state index contributed by atoms with van der Waals surface area (Å²) in [6.45, 7) is 6.71. The van der Waals surface area contributed by atoms with Crippen LogP contribution in [0, 0.1) is 6.92 Å². The number of sulfone groups is 1. The van der Waals surface area contributed by atoms with Crippen molar-refractivity contribution in [1.82, 2.24) is 5.32 Å². The van der Waals surface area contributed by atoms with Crippen LogP contribution in [0.15, 0.2) is 29.2 Å². The van der Waals surface area contributed by atoms with Crippen LogP contribution < -0.4 is 5.32 Å². The highest BCUT2D eigenvalue weighted by atomic mass is 32.2. The highest BCUT2D eigenvalue weighted by Crippen LogP contribution is 2.11. The molecular weight excluding hydrogens is 290 g/mol. The SMILES string of the molecule is Cc1ccc(S(=O)(=O)CC(=O)NCCCOC(C)C)cc1. The van der Waals surface area contributed by atoms with E-state index in [4.69, 9.17) is 4.74 Å². The first-order valence-corrected chi connectivity index (χ1v) is 8.64. The molecular formula is C15H23NO4S. The number of benzene rings is 1. The molecule has 21 heavy (non-hydrogen) atoms. The molecule has 0 saturated carbocycles. The molecule has 0 aliphatic heterocycles. The van der Waals surface area contributed by atoms with E-state index >= 15 is 0 Å². The van der Waals surface area contributed by atoms with Gasteiger partial charge in [-0.3, -0.25) is 4.79 Å². The van der Waals surface area contributed by atoms with Gasteiger partial charge in [0.1, 0.15) is 5.75 Å². The zero-order valence-electron chi connectivity index (χ0n) is 12.8. The number of hydrogen-bond acceptors (Lipinski definition) is 4. The van der Waals surface area contributed by atoms with Crippen LogP contribution in [0.3, 0.4) is 0 Å². The summed E-state index contributed by atoms with van der Waals surface area (Å²) in [6, 6.07) is 6.48. The van der Waals surface area contributed by atoms with Crippen molar-refractivity contribution in [3.05, 3.63) is 29.8 Å². The molecule has 0 aromatic heterocycles. The highest BCUT2D eigenvalue weighted by molar-refractivity contribution is 7.92. The lowest BCUT2D eigenvalue weighted by Gasteiger charge is -2.09. The molecule has 0 fully saturated rings. The first-order chi connectivity index (χ1) is 9.81. The van der Waals surface area contributed by atoms with E-state index in [2.05, 4.69) is 5.32 Å². The summed E-state index contributed by atoms with van der Waals surface area (Å²) in [4.78, 5) is 11.8. The second-order valence-electron chi connectivity index (χ2n) is 5.20. The average molecular weight is 313 g/mol. The van der Waals surface area contributed by atoms with Crippen molar-refractivity contribution in [2.24, 2.45) is 0 Å². The molecule has 1 aromatic rings. The fourth-order valence-corrected chi connectivity index (χ4v) is 2.84. The largest absolute Gasteiger partial charge is 0.379 e. The molecule has 5 nitrogen and oxygen atoms in total. The van der Waals surface area contributed by atoms with Crippen LogP contribution in [0.5, 0.6) is 0 Å². The molecule has 0 spiro atoms. The van der Waals surface area contributed by atoms with Crippen LogP contribution >= 0.6 is 0 Å². The minimum Gasteiger partial charge on any atom is -0.379 e. The summed E-state index contributed by atoms with van der Waals surface area (Å²) in [5.41, 5.74) is 0.976. The number of hydrogen-bond donors (Lipinski definition) is 1. The second kappa shape index (κ2) is 8.14. The van der Waals surface area contributed by atoms with Crippen LogP contribution in [0.1, 0.15) is 25.8 Å². The van der Waals surface area contributed by atoms with Crippen molar-refractivity contribution in [3.63, 3.8) is 0 Å². The monoisotopic (exact) mass is 313 g/mol. The lowest BCUT2D eigenvalue weighted by molar-refractivity contribution is -0.118. The molecule has 1 aromatic carbocycles. The van der Waals surface area contributed by atoms with Gasteiger partial charge in [-0.2, -0.15) is 0 Å². The number of carbonyl (C=O) groups excluding carboxylic acids is 1. The van der Waals surface area contributed by atoms with Crippen molar-refractivity contribution >= 4 is 15.7 Å². The Labute approximate surface area is 126 Å². The van der Waals surface area contributed by atoms with Gasteiger partial charge in [0, 0.05) is 13.2 Å². The van der Waals surface area contributed by atoms with Gasteiger partial charge in [-0.25, -0.2) is 8.42 Å². The van der Waals surface area contributed by atoms with Crippen molar-refractivity contribution in [2.45, 2.75) is 38.2 Å². The van der Waals surface area contributed by atoms with E-state index in [0.717, 1.165) is 5.56 Å². The van der Waals surface area contributed by atoms with E-state index in [9.17, 15) is 13.2 Å².